The Balaban J connectivity index is 0. The van der Waals surface area contributed by atoms with Crippen molar-refractivity contribution in [1.29, 1.82) is 15.8 Å². The van der Waals surface area contributed by atoms with Crippen LogP contribution in [-0.4, -0.2) is 6.04 Å². The van der Waals surface area contributed by atoms with E-state index in [4.69, 9.17) is 21.5 Å². The molecule has 0 saturated carbocycles. The minimum Gasteiger partial charge on any atom is -0.304 e. The van der Waals surface area contributed by atoms with Crippen LogP contribution in [0.4, 0.5) is 0 Å². The molecule has 0 aliphatic heterocycles. The van der Waals surface area contributed by atoms with Gasteiger partial charge in [-0.2, -0.15) is 10.5 Å². The molecule has 0 aliphatic carbocycles. The lowest BCUT2D eigenvalue weighted by Gasteiger charge is -1.74. The molecule has 4 nitrogen and oxygen atoms in total. The second kappa shape index (κ2) is 9.06. The zero-order chi connectivity index (χ0) is 6.99. The van der Waals surface area contributed by atoms with Crippen LogP contribution in [0.25, 0.3) is 0 Å². The third-order valence-electron chi connectivity index (χ3n) is 0.278. The molecule has 4 heteroatoms. The van der Waals surface area contributed by atoms with Crippen LogP contribution in [0.2, 0.25) is 0 Å². The fraction of sp³-hybridized carbons (Fsp3) is 0.250. The van der Waals surface area contributed by atoms with E-state index in [-0.39, 0.29) is 0 Å². The first-order chi connectivity index (χ1) is 3.81. The van der Waals surface area contributed by atoms with Crippen LogP contribution in [0.5, 0.6) is 0 Å². The summed E-state index contributed by atoms with van der Waals surface area (Å²) in [7, 11) is 0. The van der Waals surface area contributed by atoms with Crippen LogP contribution in [0, 0.1) is 34.5 Å². The van der Waals surface area contributed by atoms with E-state index in [1.54, 1.807) is 0 Å². The van der Waals surface area contributed by atoms with Crippen molar-refractivity contribution in [2.24, 2.45) is 5.73 Å². The minimum absolute atomic E-state index is 0.954. The van der Waals surface area contributed by atoms with Crippen molar-refractivity contribution in [3.05, 3.63) is 0 Å². The Morgan fingerprint density at radius 1 is 1.25 bits per heavy atom. The summed E-state index contributed by atoms with van der Waals surface area (Å²) in [5.74, 6) is 0. The Morgan fingerprint density at radius 3 is 1.50 bits per heavy atom. The van der Waals surface area contributed by atoms with E-state index in [2.05, 4.69) is 6.57 Å². The second-order valence-corrected chi connectivity index (χ2v) is 0.736. The molecule has 0 spiro atoms. The van der Waals surface area contributed by atoms with Crippen molar-refractivity contribution in [2.45, 2.75) is 6.04 Å². The zero-order valence-electron chi connectivity index (χ0n) is 4.07. The lowest BCUT2D eigenvalue weighted by atomic mass is 10.4. The summed E-state index contributed by atoms with van der Waals surface area (Å²) in [6.45, 7) is 3.50. The van der Waals surface area contributed by atoms with Gasteiger partial charge in [0.15, 0.2) is 6.04 Å². The van der Waals surface area contributed by atoms with Gasteiger partial charge in [-0.25, -0.2) is 5.26 Å². The van der Waals surface area contributed by atoms with Gasteiger partial charge in [-0.3, -0.25) is 0 Å². The first-order valence-electron chi connectivity index (χ1n) is 1.62. The average Bonchev–Trinajstić information content (AvgIpc) is 1.91. The maximum atomic E-state index is 7.74. The molecule has 0 rings (SSSR count). The Bertz CT molecular complexity index is 120. The van der Waals surface area contributed by atoms with Crippen LogP contribution < -0.4 is 5.73 Å². The van der Waals surface area contributed by atoms with Crippen LogP contribution in [0.3, 0.4) is 0 Å². The fourth-order valence-electron chi connectivity index (χ4n) is 0.0289. The van der Waals surface area contributed by atoms with E-state index >= 15 is 0 Å². The lowest BCUT2D eigenvalue weighted by Crippen LogP contribution is -2.12. The summed E-state index contributed by atoms with van der Waals surface area (Å²) >= 11 is 0. The molecular formula is C4H4N4. The smallest absolute Gasteiger partial charge is 0.181 e. The highest BCUT2D eigenvalue weighted by atomic mass is 14.6. The van der Waals surface area contributed by atoms with Gasteiger partial charge in [-0.05, 0) is 0 Å². The highest BCUT2D eigenvalue weighted by Crippen LogP contribution is 1.61. The number of hydrogen-bond acceptors (Lipinski definition) is 4. The largest absolute Gasteiger partial charge is 0.304 e. The number of nitrogens with zero attached hydrogens (tertiary/aromatic N) is 3. The number of rotatable bonds is 0. The molecule has 40 valence electrons. The van der Waals surface area contributed by atoms with Gasteiger partial charge in [0.2, 0.25) is 0 Å². The molecule has 0 amide bonds. The third-order valence-corrected chi connectivity index (χ3v) is 0.278. The number of nitrogens with two attached hydrogens (primary N) is 1. The van der Waals surface area contributed by atoms with Crippen molar-refractivity contribution < 1.29 is 0 Å². The van der Waals surface area contributed by atoms with Gasteiger partial charge in [0.25, 0.3) is 0 Å². The predicted octanol–water partition coefficient (Wildman–Crippen LogP) is -0.499. The highest BCUT2D eigenvalue weighted by Gasteiger charge is 1.88. The Hall–Kier alpha value is -1.57. The van der Waals surface area contributed by atoms with E-state index < -0.39 is 6.04 Å². The summed E-state index contributed by atoms with van der Waals surface area (Å²) in [5, 5.41) is 22.0. The minimum atomic E-state index is -0.954. The molecule has 8 heavy (non-hydrogen) atoms. The topological polar surface area (TPSA) is 97.4 Å². The molecule has 0 aromatic rings. The van der Waals surface area contributed by atoms with Crippen molar-refractivity contribution >= 4 is 0 Å². The molecule has 0 radical (unpaired) electrons. The van der Waals surface area contributed by atoms with Crippen LogP contribution in [-0.2, 0) is 0 Å². The molecule has 0 saturated heterocycles. The van der Waals surface area contributed by atoms with Crippen molar-refractivity contribution in [2.75, 3.05) is 0 Å². The maximum Gasteiger partial charge on any atom is 0.181 e. The molecule has 0 heterocycles. The van der Waals surface area contributed by atoms with Crippen LogP contribution in [0.1, 0.15) is 0 Å². The first kappa shape index (κ1) is 9.66. The van der Waals surface area contributed by atoms with E-state index in [0.29, 0.717) is 0 Å². The van der Waals surface area contributed by atoms with E-state index in [1.165, 1.54) is 12.1 Å². The maximum absolute atomic E-state index is 7.74. The Kier molecular flexibility index (Phi) is 10.9. The second-order valence-electron chi connectivity index (χ2n) is 0.736. The SMILES string of the molecule is C#N.N#CC(N)C#N. The Labute approximate surface area is 47.4 Å². The number of hydrogen-bond donors (Lipinski definition) is 1. The fourth-order valence-corrected chi connectivity index (χ4v) is 0.0289. The van der Waals surface area contributed by atoms with Gasteiger partial charge in [-0.15, -0.1) is 0 Å². The van der Waals surface area contributed by atoms with E-state index in [1.807, 2.05) is 0 Å². The van der Waals surface area contributed by atoms with Crippen molar-refractivity contribution in [1.82, 2.24) is 0 Å². The quantitative estimate of drug-likeness (QED) is 0.452. The standard InChI is InChI=1S/C3H3N3.CHN/c4-1-3(6)2-5;1-2/h3H,6H2;1H. The summed E-state index contributed by atoms with van der Waals surface area (Å²) < 4.78 is 0. The first-order valence-corrected chi connectivity index (χ1v) is 1.62. The van der Waals surface area contributed by atoms with Gasteiger partial charge < -0.3 is 5.73 Å². The summed E-state index contributed by atoms with van der Waals surface area (Å²) in [6, 6.07) is 2.11. The molecule has 0 unspecified atom stereocenters. The van der Waals surface area contributed by atoms with Gasteiger partial charge in [0, 0.05) is 6.57 Å². The lowest BCUT2D eigenvalue weighted by molar-refractivity contribution is 1.05. The molecule has 0 aliphatic rings. The van der Waals surface area contributed by atoms with Crippen LogP contribution >= 0.6 is 0 Å². The molecule has 0 aromatic carbocycles. The van der Waals surface area contributed by atoms with Crippen LogP contribution in [0.15, 0.2) is 0 Å². The van der Waals surface area contributed by atoms with Crippen molar-refractivity contribution in [3.8, 4) is 18.7 Å². The molecule has 0 fully saturated rings. The van der Waals surface area contributed by atoms with E-state index in [9.17, 15) is 0 Å². The van der Waals surface area contributed by atoms with Gasteiger partial charge in [0.1, 0.15) is 0 Å². The normalized spacial score (nSPS) is 5.25. The monoisotopic (exact) mass is 108 g/mol. The van der Waals surface area contributed by atoms with Crippen molar-refractivity contribution in [3.63, 3.8) is 0 Å². The molecule has 0 aromatic heterocycles. The third kappa shape index (κ3) is 8.83. The van der Waals surface area contributed by atoms with Gasteiger partial charge in [-0.1, -0.05) is 0 Å². The Morgan fingerprint density at radius 2 is 1.50 bits per heavy atom. The van der Waals surface area contributed by atoms with Gasteiger partial charge >= 0.3 is 0 Å². The number of nitriles is 3. The highest BCUT2D eigenvalue weighted by molar-refractivity contribution is 5.03. The molecule has 2 N–H and O–H groups in total. The average molecular weight is 108 g/mol. The summed E-state index contributed by atoms with van der Waals surface area (Å²) in [6.07, 6.45) is 0. The molecular weight excluding hydrogens is 104 g/mol. The predicted molar refractivity (Wildman–Crippen MR) is 25.9 cm³/mol. The van der Waals surface area contributed by atoms with Gasteiger partial charge in [0.05, 0.1) is 12.1 Å². The zero-order valence-corrected chi connectivity index (χ0v) is 4.07. The van der Waals surface area contributed by atoms with E-state index in [0.717, 1.165) is 0 Å². The summed E-state index contributed by atoms with van der Waals surface area (Å²) in [5.41, 5.74) is 4.75. The molecule has 0 bridgehead atoms. The summed E-state index contributed by atoms with van der Waals surface area (Å²) in [4.78, 5) is 0. The molecule has 0 atom stereocenters.